The highest BCUT2D eigenvalue weighted by atomic mass is 35.5. The molecule has 0 saturated carbocycles. The Hall–Kier alpha value is -1.85. The molecule has 0 radical (unpaired) electrons. The molecule has 2 aromatic rings. The molecule has 1 aromatic carbocycles. The second kappa shape index (κ2) is 8.50. The smallest absolute Gasteiger partial charge is 0.223 e. The van der Waals surface area contributed by atoms with Crippen molar-refractivity contribution < 1.29 is 14.4 Å². The van der Waals surface area contributed by atoms with Crippen LogP contribution in [0.15, 0.2) is 40.9 Å². The largest absolute Gasteiger partial charge is 0.392 e. The lowest BCUT2D eigenvalue weighted by atomic mass is 9.88. The van der Waals surface area contributed by atoms with Crippen LogP contribution in [0.5, 0.6) is 0 Å². The van der Waals surface area contributed by atoms with Gasteiger partial charge in [0.1, 0.15) is 5.76 Å². The van der Waals surface area contributed by atoms with Gasteiger partial charge in [-0.15, -0.1) is 0 Å². The van der Waals surface area contributed by atoms with Crippen molar-refractivity contribution >= 4 is 17.5 Å². The molecule has 0 spiro atoms. The fourth-order valence-corrected chi connectivity index (χ4v) is 3.51. The summed E-state index contributed by atoms with van der Waals surface area (Å²) in [6, 6.07) is 11.7. The van der Waals surface area contributed by atoms with E-state index >= 15 is 0 Å². The van der Waals surface area contributed by atoms with Crippen LogP contribution in [0.2, 0.25) is 5.15 Å². The summed E-state index contributed by atoms with van der Waals surface area (Å²) in [4.78, 5) is 14.2. The molecule has 1 aromatic heterocycles. The Bertz CT molecular complexity index is 681. The number of amides is 1. The van der Waals surface area contributed by atoms with Crippen LogP contribution < -0.4 is 0 Å². The number of halogens is 1. The average molecular weight is 363 g/mol. The summed E-state index contributed by atoms with van der Waals surface area (Å²) in [6.07, 6.45) is 2.90. The first kappa shape index (κ1) is 18.0. The molecule has 0 aliphatic carbocycles. The minimum atomic E-state index is -0.351. The summed E-state index contributed by atoms with van der Waals surface area (Å²) in [5.74, 6) is 0.993. The number of rotatable bonds is 6. The van der Waals surface area contributed by atoms with Crippen LogP contribution in [-0.4, -0.2) is 40.3 Å². The van der Waals surface area contributed by atoms with E-state index in [0.717, 1.165) is 18.4 Å². The maximum atomic E-state index is 12.3. The first-order chi connectivity index (χ1) is 12.1. The maximum absolute atomic E-state index is 12.3. The van der Waals surface area contributed by atoms with Gasteiger partial charge >= 0.3 is 0 Å². The van der Waals surface area contributed by atoms with Crippen LogP contribution >= 0.6 is 11.6 Å². The molecule has 6 heteroatoms. The summed E-state index contributed by atoms with van der Waals surface area (Å²) >= 11 is 5.70. The average Bonchev–Trinajstić information content (AvgIpc) is 3.06. The summed E-state index contributed by atoms with van der Waals surface area (Å²) in [5, 5.41) is 14.4. The zero-order chi connectivity index (χ0) is 17.6. The summed E-state index contributed by atoms with van der Waals surface area (Å²) < 4.78 is 5.02. The molecule has 2 heterocycles. The molecule has 1 unspecified atom stereocenters. The van der Waals surface area contributed by atoms with Gasteiger partial charge in [0.25, 0.3) is 0 Å². The van der Waals surface area contributed by atoms with Gasteiger partial charge in [0.2, 0.25) is 5.91 Å². The number of carbonyl (C=O) groups excluding carboxylic acids is 1. The molecule has 1 aliphatic heterocycles. The molecule has 5 nitrogen and oxygen atoms in total. The highest BCUT2D eigenvalue weighted by Crippen LogP contribution is 2.24. The lowest BCUT2D eigenvalue weighted by Gasteiger charge is -2.34. The highest BCUT2D eigenvalue weighted by molar-refractivity contribution is 6.29. The molecule has 1 saturated heterocycles. The Morgan fingerprint density at radius 1 is 1.32 bits per heavy atom. The van der Waals surface area contributed by atoms with Gasteiger partial charge in [0, 0.05) is 32.0 Å². The van der Waals surface area contributed by atoms with Crippen molar-refractivity contribution in [2.45, 2.75) is 38.2 Å². The van der Waals surface area contributed by atoms with E-state index in [0.29, 0.717) is 43.3 Å². The third-order valence-electron chi connectivity index (χ3n) is 4.84. The Labute approximate surface area is 152 Å². The molecule has 3 rings (SSSR count). The van der Waals surface area contributed by atoms with Crippen LogP contribution in [0.25, 0.3) is 0 Å². The predicted molar refractivity (Wildman–Crippen MR) is 95.3 cm³/mol. The van der Waals surface area contributed by atoms with Crippen LogP contribution in [0.4, 0.5) is 0 Å². The number of benzene rings is 1. The number of nitrogens with zero attached hydrogens (tertiary/aromatic N) is 2. The SMILES string of the molecule is O=C(CCc1cc(Cl)no1)N1CCC(C(O)Cc2ccccc2)CC1. The molecule has 134 valence electrons. The predicted octanol–water partition coefficient (Wildman–Crippen LogP) is 3.10. The standard InChI is InChI=1S/C19H23ClN2O3/c20-18-13-16(25-21-18)6-7-19(24)22-10-8-15(9-11-22)17(23)12-14-4-2-1-3-5-14/h1-5,13,15,17,23H,6-12H2. The van der Waals surface area contributed by atoms with Crippen molar-refractivity contribution in [1.29, 1.82) is 0 Å². The molecule has 25 heavy (non-hydrogen) atoms. The van der Waals surface area contributed by atoms with Gasteiger partial charge < -0.3 is 14.5 Å². The van der Waals surface area contributed by atoms with Gasteiger partial charge in [-0.1, -0.05) is 47.1 Å². The van der Waals surface area contributed by atoms with E-state index in [4.69, 9.17) is 16.1 Å². The van der Waals surface area contributed by atoms with Crippen molar-refractivity contribution in [3.05, 3.63) is 52.9 Å². The number of hydrogen-bond donors (Lipinski definition) is 1. The van der Waals surface area contributed by atoms with E-state index in [1.165, 1.54) is 0 Å². The zero-order valence-corrected chi connectivity index (χ0v) is 14.9. The molecule has 1 fully saturated rings. The van der Waals surface area contributed by atoms with Crippen molar-refractivity contribution in [1.82, 2.24) is 10.1 Å². The third kappa shape index (κ3) is 5.06. The number of carbonyl (C=O) groups is 1. The van der Waals surface area contributed by atoms with Crippen LogP contribution in [0, 0.1) is 5.92 Å². The lowest BCUT2D eigenvalue weighted by molar-refractivity contribution is -0.133. The highest BCUT2D eigenvalue weighted by Gasteiger charge is 2.27. The van der Waals surface area contributed by atoms with Gasteiger partial charge in [0.05, 0.1) is 6.10 Å². The summed E-state index contributed by atoms with van der Waals surface area (Å²) in [6.45, 7) is 1.40. The Morgan fingerprint density at radius 2 is 2.04 bits per heavy atom. The van der Waals surface area contributed by atoms with Gasteiger partial charge in [-0.05, 0) is 30.7 Å². The van der Waals surface area contributed by atoms with Gasteiger partial charge in [-0.2, -0.15) is 0 Å². The second-order valence-corrected chi connectivity index (χ2v) is 6.98. The molecule has 1 amide bonds. The molecular formula is C19H23ClN2O3. The van der Waals surface area contributed by atoms with Crippen LogP contribution in [0.1, 0.15) is 30.6 Å². The number of piperidine rings is 1. The van der Waals surface area contributed by atoms with E-state index in [1.807, 2.05) is 35.2 Å². The first-order valence-electron chi connectivity index (χ1n) is 8.72. The molecule has 1 aliphatic rings. The fraction of sp³-hybridized carbons (Fsp3) is 0.474. The third-order valence-corrected chi connectivity index (χ3v) is 5.02. The molecule has 1 N–H and O–H groups in total. The molecular weight excluding hydrogens is 340 g/mol. The van der Waals surface area contributed by atoms with E-state index < -0.39 is 0 Å². The quantitative estimate of drug-likeness (QED) is 0.857. The van der Waals surface area contributed by atoms with Crippen LogP contribution in [-0.2, 0) is 17.6 Å². The normalized spacial score (nSPS) is 16.8. The number of aliphatic hydroxyl groups excluding tert-OH is 1. The number of aryl methyl sites for hydroxylation is 1. The maximum Gasteiger partial charge on any atom is 0.223 e. The van der Waals surface area contributed by atoms with E-state index in [-0.39, 0.29) is 17.9 Å². The first-order valence-corrected chi connectivity index (χ1v) is 9.10. The van der Waals surface area contributed by atoms with Crippen LogP contribution in [0.3, 0.4) is 0 Å². The number of aromatic nitrogens is 1. The number of hydrogen-bond acceptors (Lipinski definition) is 4. The second-order valence-electron chi connectivity index (χ2n) is 6.59. The Morgan fingerprint density at radius 3 is 2.68 bits per heavy atom. The molecule has 0 bridgehead atoms. The fourth-order valence-electron chi connectivity index (χ4n) is 3.35. The minimum absolute atomic E-state index is 0.114. The van der Waals surface area contributed by atoms with Crippen molar-refractivity contribution in [2.24, 2.45) is 5.92 Å². The summed E-state index contributed by atoms with van der Waals surface area (Å²) in [7, 11) is 0. The lowest BCUT2D eigenvalue weighted by Crippen LogP contribution is -2.41. The van der Waals surface area contributed by atoms with Crippen molar-refractivity contribution in [3.63, 3.8) is 0 Å². The van der Waals surface area contributed by atoms with Gasteiger partial charge in [0.15, 0.2) is 5.15 Å². The number of likely N-dealkylation sites (tertiary alicyclic amines) is 1. The Balaban J connectivity index is 1.42. The van der Waals surface area contributed by atoms with Crippen molar-refractivity contribution in [3.8, 4) is 0 Å². The monoisotopic (exact) mass is 362 g/mol. The van der Waals surface area contributed by atoms with E-state index in [9.17, 15) is 9.90 Å². The number of aliphatic hydroxyl groups is 1. The molecule has 1 atom stereocenters. The van der Waals surface area contributed by atoms with E-state index in [2.05, 4.69) is 5.16 Å². The van der Waals surface area contributed by atoms with Gasteiger partial charge in [-0.25, -0.2) is 0 Å². The zero-order valence-electron chi connectivity index (χ0n) is 14.1. The Kier molecular flexibility index (Phi) is 6.10. The topological polar surface area (TPSA) is 66.6 Å². The minimum Gasteiger partial charge on any atom is -0.392 e. The summed E-state index contributed by atoms with van der Waals surface area (Å²) in [5.41, 5.74) is 1.15. The van der Waals surface area contributed by atoms with E-state index in [1.54, 1.807) is 6.07 Å². The van der Waals surface area contributed by atoms with Crippen molar-refractivity contribution in [2.75, 3.05) is 13.1 Å². The van der Waals surface area contributed by atoms with Gasteiger partial charge in [-0.3, -0.25) is 4.79 Å².